The molecule has 208 valence electrons. The van der Waals surface area contributed by atoms with Crippen LogP contribution in [0, 0.1) is 0 Å². The van der Waals surface area contributed by atoms with E-state index in [4.69, 9.17) is 24.4 Å². The van der Waals surface area contributed by atoms with Gasteiger partial charge in [-0.3, -0.25) is 0 Å². The van der Waals surface area contributed by atoms with Gasteiger partial charge in [0.2, 0.25) is 5.95 Å². The van der Waals surface area contributed by atoms with E-state index in [-0.39, 0.29) is 12.6 Å². The van der Waals surface area contributed by atoms with Crippen molar-refractivity contribution in [1.29, 1.82) is 0 Å². The van der Waals surface area contributed by atoms with E-state index in [9.17, 15) is 10.2 Å². The molecule has 2 saturated heterocycles. The van der Waals surface area contributed by atoms with Gasteiger partial charge in [-0.15, -0.1) is 0 Å². The van der Waals surface area contributed by atoms with E-state index in [1.165, 1.54) is 0 Å². The lowest BCUT2D eigenvalue weighted by molar-refractivity contribution is 0.0115. The number of aliphatic hydroxyl groups is 2. The number of anilines is 2. The fourth-order valence-corrected chi connectivity index (χ4v) is 5.72. The highest BCUT2D eigenvalue weighted by Crippen LogP contribution is 2.36. The summed E-state index contributed by atoms with van der Waals surface area (Å²) in [4.78, 5) is 19.4. The molecule has 4 heterocycles. The van der Waals surface area contributed by atoms with E-state index < -0.39 is 5.60 Å². The molecule has 0 saturated carbocycles. The molecule has 0 spiro atoms. The molecule has 0 bridgehead atoms. The number of piperidine rings is 1. The minimum atomic E-state index is -0.861. The Balaban J connectivity index is 1.39. The molecule has 2 aliphatic heterocycles. The molecule has 9 heteroatoms. The summed E-state index contributed by atoms with van der Waals surface area (Å²) < 4.78 is 11.1. The number of pyridine rings is 1. The van der Waals surface area contributed by atoms with Gasteiger partial charge in [0.1, 0.15) is 11.6 Å². The monoisotopic (exact) mass is 541 g/mol. The third-order valence-electron chi connectivity index (χ3n) is 8.10. The van der Waals surface area contributed by atoms with Crippen molar-refractivity contribution in [3.8, 4) is 17.0 Å². The molecule has 2 aromatic heterocycles. The highest BCUT2D eigenvalue weighted by molar-refractivity contribution is 5.90. The molecule has 0 unspecified atom stereocenters. The predicted octanol–water partition coefficient (Wildman–Crippen LogP) is 3.91. The molecule has 6 rings (SSSR count). The zero-order chi connectivity index (χ0) is 27.7. The van der Waals surface area contributed by atoms with Crippen molar-refractivity contribution in [2.45, 2.75) is 38.0 Å². The first-order valence-electron chi connectivity index (χ1n) is 13.8. The van der Waals surface area contributed by atoms with Crippen molar-refractivity contribution >= 4 is 22.8 Å². The highest BCUT2D eigenvalue weighted by atomic mass is 16.5. The Morgan fingerprint density at radius 2 is 1.80 bits per heavy atom. The van der Waals surface area contributed by atoms with Gasteiger partial charge in [-0.25, -0.2) is 4.98 Å². The number of hydrogen-bond acceptors (Lipinski definition) is 9. The fourth-order valence-electron chi connectivity index (χ4n) is 5.72. The number of nitrogens with zero attached hydrogens (tertiary/aromatic N) is 5. The SMILES string of the molecule is COc1ccc(-c2ccc3c(N4CCOC[C@@H]4C)nc(N4CCC(O)(c5ccccc5)CC4)nc3n2)cc1CO. The molecular formula is C31H35N5O4. The summed E-state index contributed by atoms with van der Waals surface area (Å²) in [6.07, 6.45) is 1.18. The Morgan fingerprint density at radius 3 is 2.52 bits per heavy atom. The van der Waals surface area contributed by atoms with Crippen LogP contribution < -0.4 is 14.5 Å². The summed E-state index contributed by atoms with van der Waals surface area (Å²) >= 11 is 0. The molecule has 9 nitrogen and oxygen atoms in total. The summed E-state index contributed by atoms with van der Waals surface area (Å²) in [6, 6.07) is 19.8. The molecule has 0 aliphatic carbocycles. The summed E-state index contributed by atoms with van der Waals surface area (Å²) in [6.45, 7) is 5.29. The lowest BCUT2D eigenvalue weighted by atomic mass is 9.84. The van der Waals surface area contributed by atoms with Crippen LogP contribution in [-0.4, -0.2) is 71.2 Å². The predicted molar refractivity (Wildman–Crippen MR) is 155 cm³/mol. The standard InChI is InChI=1S/C31H35N5O4/c1-21-20-40-17-16-36(21)29-25-9-10-26(22-8-11-27(39-2)23(18-22)19-37)32-28(25)33-30(34-29)35-14-12-31(38,13-15-35)24-6-4-3-5-7-24/h3-11,18,21,37-38H,12-17,19-20H2,1-2H3/t21-/m0/s1. The largest absolute Gasteiger partial charge is 0.496 e. The van der Waals surface area contributed by atoms with Crippen LogP contribution >= 0.6 is 0 Å². The van der Waals surface area contributed by atoms with Crippen LogP contribution in [-0.2, 0) is 16.9 Å². The molecule has 2 aliphatic rings. The van der Waals surface area contributed by atoms with Gasteiger partial charge in [-0.2, -0.15) is 9.97 Å². The van der Waals surface area contributed by atoms with Crippen molar-refractivity contribution in [3.63, 3.8) is 0 Å². The Kier molecular flexibility index (Phi) is 7.27. The lowest BCUT2D eigenvalue weighted by Crippen LogP contribution is -2.45. The smallest absolute Gasteiger partial charge is 0.229 e. The van der Waals surface area contributed by atoms with Crippen LogP contribution in [0.15, 0.2) is 60.7 Å². The number of methoxy groups -OCH3 is 1. The van der Waals surface area contributed by atoms with Gasteiger partial charge in [-0.1, -0.05) is 30.3 Å². The maximum Gasteiger partial charge on any atom is 0.229 e. The average molecular weight is 542 g/mol. The van der Waals surface area contributed by atoms with Crippen LogP contribution in [0.1, 0.15) is 30.9 Å². The van der Waals surface area contributed by atoms with E-state index in [1.807, 2.05) is 60.7 Å². The fraction of sp³-hybridized carbons (Fsp3) is 0.387. The van der Waals surface area contributed by atoms with Crippen LogP contribution in [0.2, 0.25) is 0 Å². The van der Waals surface area contributed by atoms with E-state index in [0.29, 0.717) is 62.1 Å². The molecule has 2 fully saturated rings. The molecule has 0 radical (unpaired) electrons. The number of rotatable bonds is 6. The number of aromatic nitrogens is 3. The van der Waals surface area contributed by atoms with E-state index in [0.717, 1.165) is 34.6 Å². The number of morpholine rings is 1. The van der Waals surface area contributed by atoms with Crippen LogP contribution in [0.4, 0.5) is 11.8 Å². The Bertz CT molecular complexity index is 1490. The first-order chi connectivity index (χ1) is 19.5. The third-order valence-corrected chi connectivity index (χ3v) is 8.10. The summed E-state index contributed by atoms with van der Waals surface area (Å²) in [7, 11) is 1.59. The second-order valence-electron chi connectivity index (χ2n) is 10.6. The molecule has 4 aromatic rings. The van der Waals surface area contributed by atoms with Crippen LogP contribution in [0.3, 0.4) is 0 Å². The number of aliphatic hydroxyl groups excluding tert-OH is 1. The molecule has 1 atom stereocenters. The number of benzene rings is 2. The second-order valence-corrected chi connectivity index (χ2v) is 10.6. The average Bonchev–Trinajstić information content (AvgIpc) is 3.01. The Hall–Kier alpha value is -3.79. The van der Waals surface area contributed by atoms with Gasteiger partial charge >= 0.3 is 0 Å². The van der Waals surface area contributed by atoms with Gasteiger partial charge in [0.15, 0.2) is 5.65 Å². The zero-order valence-electron chi connectivity index (χ0n) is 23.0. The van der Waals surface area contributed by atoms with Gasteiger partial charge in [-0.05, 0) is 55.7 Å². The van der Waals surface area contributed by atoms with Gasteiger partial charge in [0.25, 0.3) is 0 Å². The highest BCUT2D eigenvalue weighted by Gasteiger charge is 2.35. The third kappa shape index (κ3) is 4.96. The first kappa shape index (κ1) is 26.4. The van der Waals surface area contributed by atoms with Gasteiger partial charge in [0.05, 0.1) is 49.7 Å². The van der Waals surface area contributed by atoms with E-state index in [2.05, 4.69) is 16.7 Å². The quantitative estimate of drug-likeness (QED) is 0.376. The topological polar surface area (TPSA) is 104 Å². The molecular weight excluding hydrogens is 506 g/mol. The van der Waals surface area contributed by atoms with Crippen molar-refractivity contribution in [2.24, 2.45) is 0 Å². The second kappa shape index (κ2) is 11.0. The van der Waals surface area contributed by atoms with Gasteiger partial charge < -0.3 is 29.5 Å². The molecule has 2 aromatic carbocycles. The molecule has 0 amide bonds. The summed E-state index contributed by atoms with van der Waals surface area (Å²) in [5, 5.41) is 22.1. The normalized spacial score (nSPS) is 19.1. The number of fused-ring (bicyclic) bond motifs is 1. The molecule has 40 heavy (non-hydrogen) atoms. The maximum atomic E-state index is 11.4. The minimum Gasteiger partial charge on any atom is -0.496 e. The van der Waals surface area contributed by atoms with Crippen LogP contribution in [0.5, 0.6) is 5.75 Å². The van der Waals surface area contributed by atoms with Crippen molar-refractivity contribution in [1.82, 2.24) is 15.0 Å². The first-order valence-corrected chi connectivity index (χ1v) is 13.8. The number of ether oxygens (including phenoxy) is 2. The van der Waals surface area contributed by atoms with Crippen molar-refractivity contribution in [3.05, 3.63) is 71.8 Å². The zero-order valence-corrected chi connectivity index (χ0v) is 23.0. The summed E-state index contributed by atoms with van der Waals surface area (Å²) in [5.41, 5.74) is 3.03. The summed E-state index contributed by atoms with van der Waals surface area (Å²) in [5.74, 6) is 2.11. The van der Waals surface area contributed by atoms with E-state index >= 15 is 0 Å². The minimum absolute atomic E-state index is 0.125. The van der Waals surface area contributed by atoms with Crippen molar-refractivity contribution < 1.29 is 19.7 Å². The Labute approximate surface area is 234 Å². The maximum absolute atomic E-state index is 11.4. The van der Waals surface area contributed by atoms with E-state index in [1.54, 1.807) is 7.11 Å². The van der Waals surface area contributed by atoms with Crippen molar-refractivity contribution in [2.75, 3.05) is 49.8 Å². The molecule has 2 N–H and O–H groups in total. The number of hydrogen-bond donors (Lipinski definition) is 2. The lowest BCUT2D eigenvalue weighted by Gasteiger charge is -2.39. The van der Waals surface area contributed by atoms with Crippen LogP contribution in [0.25, 0.3) is 22.3 Å². The Morgan fingerprint density at radius 1 is 1.00 bits per heavy atom. The van der Waals surface area contributed by atoms with Gasteiger partial charge in [0, 0.05) is 30.8 Å².